The number of phenols is 1. The minimum absolute atomic E-state index is 0.120. The normalized spacial score (nSPS) is 11.0. The Morgan fingerprint density at radius 1 is 1.38 bits per heavy atom. The van der Waals surface area contributed by atoms with Crippen LogP contribution in [0.2, 0.25) is 0 Å². The molecule has 1 aromatic rings. The number of methoxy groups -OCH3 is 1. The minimum atomic E-state index is -0.819. The molecule has 1 unspecified atom stereocenters. The fourth-order valence-corrected chi connectivity index (χ4v) is 1.64. The summed E-state index contributed by atoms with van der Waals surface area (Å²) in [6, 6.07) is 7.41. The van der Waals surface area contributed by atoms with Crippen molar-refractivity contribution >= 4 is 12.0 Å². The van der Waals surface area contributed by atoms with Crippen LogP contribution in [0, 0.1) is 11.3 Å². The summed E-state index contributed by atoms with van der Waals surface area (Å²) < 4.78 is 4.49. The van der Waals surface area contributed by atoms with E-state index in [1.165, 1.54) is 19.2 Å². The fourth-order valence-electron chi connectivity index (χ4n) is 1.64. The number of nitrogens with zero attached hydrogens (tertiary/aromatic N) is 1. The number of alkyl carbamates (subject to hydrolysis) is 1. The first-order chi connectivity index (χ1) is 10.1. The highest BCUT2D eigenvalue weighted by Gasteiger charge is 2.21. The Hall–Kier alpha value is -2.75. The zero-order chi connectivity index (χ0) is 15.7. The summed E-state index contributed by atoms with van der Waals surface area (Å²) in [7, 11) is 1.21. The highest BCUT2D eigenvalue weighted by atomic mass is 16.5. The molecular formula is C14H17N3O4. The molecule has 112 valence electrons. The summed E-state index contributed by atoms with van der Waals surface area (Å²) in [5.74, 6) is -0.279. The molecule has 0 saturated carbocycles. The first-order valence-electron chi connectivity index (χ1n) is 6.34. The standard InChI is InChI=1S/C14H17N3O4/c1-21-14(20)17-12(13(19)16-8-2-7-15)9-10-3-5-11(18)6-4-10/h3-6,12,18H,2,8-9H2,1H3,(H,16,19)(H,17,20). The second-order valence-corrected chi connectivity index (χ2v) is 4.26. The number of hydrogen-bond acceptors (Lipinski definition) is 5. The second kappa shape index (κ2) is 8.43. The number of rotatable bonds is 6. The van der Waals surface area contributed by atoms with Crippen molar-refractivity contribution < 1.29 is 19.4 Å². The van der Waals surface area contributed by atoms with E-state index in [0.29, 0.717) is 0 Å². The van der Waals surface area contributed by atoms with Gasteiger partial charge in [-0.1, -0.05) is 12.1 Å². The number of nitrogens with one attached hydrogen (secondary N) is 2. The molecule has 0 aliphatic rings. The molecule has 1 rings (SSSR count). The number of carbonyl (C=O) groups excluding carboxylic acids is 2. The van der Waals surface area contributed by atoms with Crippen molar-refractivity contribution in [3.05, 3.63) is 29.8 Å². The highest BCUT2D eigenvalue weighted by molar-refractivity contribution is 5.85. The molecule has 0 heterocycles. The van der Waals surface area contributed by atoms with E-state index in [0.717, 1.165) is 5.56 Å². The van der Waals surface area contributed by atoms with Gasteiger partial charge in [-0.05, 0) is 17.7 Å². The number of benzene rings is 1. The third kappa shape index (κ3) is 5.82. The van der Waals surface area contributed by atoms with Gasteiger partial charge in [-0.25, -0.2) is 4.79 Å². The Bertz CT molecular complexity index is 522. The monoisotopic (exact) mass is 291 g/mol. The van der Waals surface area contributed by atoms with Crippen LogP contribution < -0.4 is 10.6 Å². The molecule has 1 aromatic carbocycles. The molecule has 0 aliphatic carbocycles. The molecule has 0 spiro atoms. The van der Waals surface area contributed by atoms with Crippen molar-refractivity contribution in [3.63, 3.8) is 0 Å². The van der Waals surface area contributed by atoms with Crippen LogP contribution in [0.1, 0.15) is 12.0 Å². The van der Waals surface area contributed by atoms with Gasteiger partial charge >= 0.3 is 6.09 Å². The first kappa shape index (κ1) is 16.3. The van der Waals surface area contributed by atoms with Crippen molar-refractivity contribution in [2.45, 2.75) is 18.9 Å². The minimum Gasteiger partial charge on any atom is -0.508 e. The van der Waals surface area contributed by atoms with Crippen molar-refractivity contribution in [2.75, 3.05) is 13.7 Å². The average Bonchev–Trinajstić information content (AvgIpc) is 2.48. The highest BCUT2D eigenvalue weighted by Crippen LogP contribution is 2.11. The van der Waals surface area contributed by atoms with Gasteiger partial charge in [0.2, 0.25) is 5.91 Å². The van der Waals surface area contributed by atoms with Crippen LogP contribution in [0.25, 0.3) is 0 Å². The zero-order valence-corrected chi connectivity index (χ0v) is 11.6. The number of amides is 2. The Morgan fingerprint density at radius 2 is 2.05 bits per heavy atom. The zero-order valence-electron chi connectivity index (χ0n) is 11.6. The molecule has 0 saturated heterocycles. The number of phenolic OH excluding ortho intramolecular Hbond substituents is 1. The predicted octanol–water partition coefficient (Wildman–Crippen LogP) is 0.689. The van der Waals surface area contributed by atoms with E-state index in [4.69, 9.17) is 5.26 Å². The molecule has 2 amide bonds. The van der Waals surface area contributed by atoms with Crippen LogP contribution >= 0.6 is 0 Å². The molecule has 0 fully saturated rings. The summed E-state index contributed by atoms with van der Waals surface area (Å²) in [4.78, 5) is 23.3. The number of nitriles is 1. The maximum Gasteiger partial charge on any atom is 0.407 e. The molecule has 0 radical (unpaired) electrons. The van der Waals surface area contributed by atoms with Gasteiger partial charge in [-0.2, -0.15) is 5.26 Å². The lowest BCUT2D eigenvalue weighted by Crippen LogP contribution is -2.48. The van der Waals surface area contributed by atoms with Gasteiger partial charge in [0.15, 0.2) is 0 Å². The molecule has 21 heavy (non-hydrogen) atoms. The lowest BCUT2D eigenvalue weighted by Gasteiger charge is -2.17. The second-order valence-electron chi connectivity index (χ2n) is 4.26. The number of ether oxygens (including phenoxy) is 1. The molecule has 3 N–H and O–H groups in total. The molecule has 7 nitrogen and oxygen atoms in total. The van der Waals surface area contributed by atoms with Crippen LogP contribution in [0.3, 0.4) is 0 Å². The first-order valence-corrected chi connectivity index (χ1v) is 6.34. The van der Waals surface area contributed by atoms with Crippen molar-refractivity contribution in [2.24, 2.45) is 0 Å². The van der Waals surface area contributed by atoms with Crippen molar-refractivity contribution in [3.8, 4) is 11.8 Å². The Morgan fingerprint density at radius 3 is 2.62 bits per heavy atom. The van der Waals surface area contributed by atoms with Gasteiger partial charge in [-0.15, -0.1) is 0 Å². The van der Waals surface area contributed by atoms with E-state index in [-0.39, 0.29) is 25.1 Å². The molecule has 0 aliphatic heterocycles. The van der Waals surface area contributed by atoms with E-state index in [1.807, 2.05) is 6.07 Å². The van der Waals surface area contributed by atoms with E-state index in [1.54, 1.807) is 12.1 Å². The van der Waals surface area contributed by atoms with Crippen LogP contribution in [-0.4, -0.2) is 36.8 Å². The average molecular weight is 291 g/mol. The Kier molecular flexibility index (Phi) is 6.54. The summed E-state index contributed by atoms with van der Waals surface area (Å²) in [6.07, 6.45) is -0.280. The summed E-state index contributed by atoms with van der Waals surface area (Å²) in [6.45, 7) is 0.213. The van der Waals surface area contributed by atoms with Gasteiger partial charge in [-0.3, -0.25) is 4.79 Å². The molecular weight excluding hydrogens is 274 g/mol. The van der Waals surface area contributed by atoms with Crippen LogP contribution in [0.4, 0.5) is 4.79 Å². The summed E-state index contributed by atoms with van der Waals surface area (Å²) in [5, 5.41) is 22.7. The van der Waals surface area contributed by atoms with Crippen LogP contribution in [0.15, 0.2) is 24.3 Å². The smallest absolute Gasteiger partial charge is 0.407 e. The Labute approximate surface area is 122 Å². The van der Waals surface area contributed by atoms with Crippen LogP contribution in [0.5, 0.6) is 5.75 Å². The van der Waals surface area contributed by atoms with Gasteiger partial charge < -0.3 is 20.5 Å². The SMILES string of the molecule is COC(=O)NC(Cc1ccc(O)cc1)C(=O)NCCC#N. The quantitative estimate of drug-likeness (QED) is 0.668. The maximum atomic E-state index is 12.0. The lowest BCUT2D eigenvalue weighted by molar-refractivity contribution is -0.123. The number of hydrogen-bond donors (Lipinski definition) is 3. The van der Waals surface area contributed by atoms with E-state index in [2.05, 4.69) is 15.4 Å². The van der Waals surface area contributed by atoms with Gasteiger partial charge in [0, 0.05) is 13.0 Å². The third-order valence-corrected chi connectivity index (χ3v) is 2.71. The van der Waals surface area contributed by atoms with Crippen molar-refractivity contribution in [1.82, 2.24) is 10.6 Å². The summed E-state index contributed by atoms with van der Waals surface area (Å²) >= 11 is 0. The molecule has 0 aromatic heterocycles. The topological polar surface area (TPSA) is 111 Å². The fraction of sp³-hybridized carbons (Fsp3) is 0.357. The van der Waals surface area contributed by atoms with Gasteiger partial charge in [0.05, 0.1) is 19.6 Å². The van der Waals surface area contributed by atoms with Gasteiger partial charge in [0.25, 0.3) is 0 Å². The van der Waals surface area contributed by atoms with E-state index >= 15 is 0 Å². The van der Waals surface area contributed by atoms with E-state index in [9.17, 15) is 14.7 Å². The molecule has 0 bridgehead atoms. The molecule has 7 heteroatoms. The Balaban J connectivity index is 2.71. The molecule has 1 atom stereocenters. The van der Waals surface area contributed by atoms with Crippen molar-refractivity contribution in [1.29, 1.82) is 5.26 Å². The largest absolute Gasteiger partial charge is 0.508 e. The predicted molar refractivity (Wildman–Crippen MR) is 74.4 cm³/mol. The van der Waals surface area contributed by atoms with Gasteiger partial charge in [0.1, 0.15) is 11.8 Å². The maximum absolute atomic E-state index is 12.0. The number of aromatic hydroxyl groups is 1. The lowest BCUT2D eigenvalue weighted by atomic mass is 10.1. The van der Waals surface area contributed by atoms with E-state index < -0.39 is 18.0 Å². The summed E-state index contributed by atoms with van der Waals surface area (Å²) in [5.41, 5.74) is 0.768. The third-order valence-electron chi connectivity index (χ3n) is 2.71. The van der Waals surface area contributed by atoms with Crippen LogP contribution in [-0.2, 0) is 16.0 Å². The number of carbonyl (C=O) groups is 2.